The van der Waals surface area contributed by atoms with Crippen LogP contribution in [-0.4, -0.2) is 30.1 Å². The minimum absolute atomic E-state index is 0.0141. The van der Waals surface area contributed by atoms with Gasteiger partial charge in [-0.25, -0.2) is 4.79 Å². The number of piperidine rings is 1. The highest BCUT2D eigenvalue weighted by Gasteiger charge is 2.57. The number of benzene rings is 1. The molecule has 3 rings (SSSR count). The Hall–Kier alpha value is -1.40. The second-order valence-corrected chi connectivity index (χ2v) is 6.77. The van der Waals surface area contributed by atoms with Gasteiger partial charge in [-0.05, 0) is 56.0 Å². The molecule has 0 bridgehead atoms. The van der Waals surface area contributed by atoms with Crippen molar-refractivity contribution in [3.63, 3.8) is 0 Å². The molecule has 0 radical (unpaired) electrons. The molecule has 3 N–H and O–H groups in total. The van der Waals surface area contributed by atoms with E-state index in [4.69, 9.17) is 0 Å². The van der Waals surface area contributed by atoms with Gasteiger partial charge in [-0.3, -0.25) is 4.79 Å². The monoisotopic (exact) mass is 352 g/mol. The molecule has 5 nitrogen and oxygen atoms in total. The molecule has 1 unspecified atom stereocenters. The number of amides is 1. The van der Waals surface area contributed by atoms with Gasteiger partial charge < -0.3 is 15.7 Å². The van der Waals surface area contributed by atoms with E-state index < -0.39 is 5.97 Å². The largest absolute Gasteiger partial charge is 0.478 e. The Morgan fingerprint density at radius 3 is 2.71 bits per heavy atom. The predicted octanol–water partition coefficient (Wildman–Crippen LogP) is 2.48. The minimum Gasteiger partial charge on any atom is -0.478 e. The van der Waals surface area contributed by atoms with Crippen LogP contribution in [0.4, 0.5) is 5.69 Å². The summed E-state index contributed by atoms with van der Waals surface area (Å²) in [5.41, 5.74) is 0.620. The van der Waals surface area contributed by atoms with Crippen LogP contribution >= 0.6 is 15.9 Å². The smallest absolute Gasteiger partial charge is 0.337 e. The molecular formula is C15H17BrN2O3. The van der Waals surface area contributed by atoms with E-state index in [1.807, 2.05) is 0 Å². The van der Waals surface area contributed by atoms with Crippen molar-refractivity contribution < 1.29 is 14.7 Å². The zero-order chi connectivity index (χ0) is 15.0. The summed E-state index contributed by atoms with van der Waals surface area (Å²) in [5, 5.41) is 15.3. The third-order valence-electron chi connectivity index (χ3n) is 4.58. The number of rotatable bonds is 3. The fourth-order valence-electron chi connectivity index (χ4n) is 3.22. The van der Waals surface area contributed by atoms with Gasteiger partial charge in [-0.2, -0.15) is 0 Å². The third kappa shape index (κ3) is 2.82. The van der Waals surface area contributed by atoms with E-state index in [1.165, 1.54) is 6.07 Å². The number of hydrogen-bond acceptors (Lipinski definition) is 3. The summed E-state index contributed by atoms with van der Waals surface area (Å²) < 4.78 is 0.746. The summed E-state index contributed by atoms with van der Waals surface area (Å²) in [7, 11) is 0. The van der Waals surface area contributed by atoms with E-state index in [2.05, 4.69) is 26.6 Å². The van der Waals surface area contributed by atoms with Crippen molar-refractivity contribution in [2.75, 3.05) is 18.4 Å². The van der Waals surface area contributed by atoms with Gasteiger partial charge >= 0.3 is 5.97 Å². The maximum atomic E-state index is 12.4. The molecule has 1 atom stereocenters. The molecule has 1 aromatic carbocycles. The van der Waals surface area contributed by atoms with Crippen molar-refractivity contribution in [2.24, 2.45) is 11.3 Å². The molecule has 1 heterocycles. The van der Waals surface area contributed by atoms with Crippen LogP contribution in [0.5, 0.6) is 0 Å². The molecule has 2 aliphatic rings. The lowest BCUT2D eigenvalue weighted by Crippen LogP contribution is -2.31. The topological polar surface area (TPSA) is 78.4 Å². The number of hydrogen-bond donors (Lipinski definition) is 3. The first-order chi connectivity index (χ1) is 10.0. The number of anilines is 1. The Morgan fingerprint density at radius 2 is 2.05 bits per heavy atom. The summed E-state index contributed by atoms with van der Waals surface area (Å²) in [6.07, 6.45) is 2.96. The Bertz CT molecular complexity index is 597. The molecule has 1 aliphatic heterocycles. The molecule has 1 aliphatic carbocycles. The predicted molar refractivity (Wildman–Crippen MR) is 82.4 cm³/mol. The highest BCUT2D eigenvalue weighted by atomic mass is 79.9. The number of carbonyl (C=O) groups excluding carboxylic acids is 1. The molecule has 1 spiro atoms. The number of carboxylic acids is 1. The first kappa shape index (κ1) is 14.5. The van der Waals surface area contributed by atoms with E-state index in [1.54, 1.807) is 12.1 Å². The normalized spacial score (nSPS) is 22.8. The molecular weight excluding hydrogens is 336 g/mol. The van der Waals surface area contributed by atoms with Crippen molar-refractivity contribution in [3.05, 3.63) is 28.2 Å². The van der Waals surface area contributed by atoms with Gasteiger partial charge in [0.1, 0.15) is 0 Å². The van der Waals surface area contributed by atoms with Crippen molar-refractivity contribution in [2.45, 2.75) is 19.3 Å². The first-order valence-electron chi connectivity index (χ1n) is 7.06. The number of carbonyl (C=O) groups is 2. The number of halogens is 1. The average molecular weight is 353 g/mol. The van der Waals surface area contributed by atoms with Crippen molar-refractivity contribution in [1.82, 2.24) is 5.32 Å². The Morgan fingerprint density at radius 1 is 1.33 bits per heavy atom. The van der Waals surface area contributed by atoms with Crippen LogP contribution in [0, 0.1) is 11.3 Å². The Balaban J connectivity index is 1.74. The molecule has 6 heteroatoms. The van der Waals surface area contributed by atoms with Gasteiger partial charge in [0.15, 0.2) is 0 Å². The molecule has 1 saturated heterocycles. The van der Waals surface area contributed by atoms with Gasteiger partial charge in [-0.15, -0.1) is 0 Å². The fraction of sp³-hybridized carbons (Fsp3) is 0.467. The van der Waals surface area contributed by atoms with Crippen molar-refractivity contribution >= 4 is 33.5 Å². The van der Waals surface area contributed by atoms with E-state index in [-0.39, 0.29) is 22.8 Å². The van der Waals surface area contributed by atoms with Gasteiger partial charge in [0.25, 0.3) is 0 Å². The Labute approximate surface area is 131 Å². The molecule has 0 aromatic heterocycles. The number of carboxylic acid groups (broad SMARTS) is 1. The fourth-order valence-corrected chi connectivity index (χ4v) is 3.58. The SMILES string of the molecule is O=C(O)c1ccc(Br)cc1NC(=O)C1CC12CCNCC2. The van der Waals surface area contributed by atoms with Crippen molar-refractivity contribution in [1.29, 1.82) is 0 Å². The van der Waals surface area contributed by atoms with Crippen LogP contribution in [-0.2, 0) is 4.79 Å². The average Bonchev–Trinajstić information content (AvgIpc) is 3.13. The van der Waals surface area contributed by atoms with Crippen LogP contribution in [0.1, 0.15) is 29.6 Å². The van der Waals surface area contributed by atoms with Crippen LogP contribution < -0.4 is 10.6 Å². The van der Waals surface area contributed by atoms with Crippen LogP contribution in [0.15, 0.2) is 22.7 Å². The van der Waals surface area contributed by atoms with Gasteiger partial charge in [0.2, 0.25) is 5.91 Å². The van der Waals surface area contributed by atoms with Crippen LogP contribution in [0.2, 0.25) is 0 Å². The molecule has 21 heavy (non-hydrogen) atoms. The summed E-state index contributed by atoms with van der Waals surface area (Å²) in [6.45, 7) is 1.92. The molecule has 1 saturated carbocycles. The quantitative estimate of drug-likeness (QED) is 0.780. The van der Waals surface area contributed by atoms with E-state index >= 15 is 0 Å². The zero-order valence-corrected chi connectivity index (χ0v) is 13.1. The molecule has 1 amide bonds. The zero-order valence-electron chi connectivity index (χ0n) is 11.5. The summed E-state index contributed by atoms with van der Waals surface area (Å²) in [4.78, 5) is 23.6. The second kappa shape index (κ2) is 5.42. The maximum absolute atomic E-state index is 12.4. The number of aromatic carboxylic acids is 1. The number of nitrogens with one attached hydrogen (secondary N) is 2. The van der Waals surface area contributed by atoms with Gasteiger partial charge in [0, 0.05) is 10.4 Å². The summed E-state index contributed by atoms with van der Waals surface area (Å²) >= 11 is 3.31. The highest BCUT2D eigenvalue weighted by molar-refractivity contribution is 9.10. The molecule has 2 fully saturated rings. The van der Waals surface area contributed by atoms with E-state index in [9.17, 15) is 14.7 Å². The lowest BCUT2D eigenvalue weighted by molar-refractivity contribution is -0.118. The second-order valence-electron chi connectivity index (χ2n) is 5.85. The Kier molecular flexibility index (Phi) is 3.75. The standard InChI is InChI=1S/C15H17BrN2O3/c16-9-1-2-10(14(20)21)12(7-9)18-13(19)11-8-15(11)3-5-17-6-4-15/h1-2,7,11,17H,3-6,8H2,(H,18,19)(H,20,21). The van der Waals surface area contributed by atoms with E-state index in [0.29, 0.717) is 5.69 Å². The minimum atomic E-state index is -1.04. The molecule has 1 aromatic rings. The molecule has 112 valence electrons. The first-order valence-corrected chi connectivity index (χ1v) is 7.86. The van der Waals surface area contributed by atoms with Gasteiger partial charge in [-0.1, -0.05) is 15.9 Å². The van der Waals surface area contributed by atoms with Crippen molar-refractivity contribution in [3.8, 4) is 0 Å². The lowest BCUT2D eigenvalue weighted by atomic mass is 9.91. The van der Waals surface area contributed by atoms with Gasteiger partial charge in [0.05, 0.1) is 11.3 Å². The van der Waals surface area contributed by atoms with Crippen LogP contribution in [0.3, 0.4) is 0 Å². The third-order valence-corrected chi connectivity index (χ3v) is 5.07. The summed E-state index contributed by atoms with van der Waals surface area (Å²) in [5.74, 6) is -1.08. The lowest BCUT2D eigenvalue weighted by Gasteiger charge is -2.23. The maximum Gasteiger partial charge on any atom is 0.337 e. The van der Waals surface area contributed by atoms with E-state index in [0.717, 1.165) is 36.8 Å². The van der Waals surface area contributed by atoms with Crippen LogP contribution in [0.25, 0.3) is 0 Å². The summed E-state index contributed by atoms with van der Waals surface area (Å²) in [6, 6.07) is 4.79. The highest BCUT2D eigenvalue weighted by Crippen LogP contribution is 2.58.